The van der Waals surface area contributed by atoms with Crippen molar-refractivity contribution in [1.82, 2.24) is 0 Å². The summed E-state index contributed by atoms with van der Waals surface area (Å²) in [5.41, 5.74) is -1.56. The van der Waals surface area contributed by atoms with Crippen LogP contribution >= 0.6 is 0 Å². The minimum Gasteiger partial charge on any atom is -0.396 e. The Kier molecular flexibility index (Phi) is 11.3. The number of hydrogen-bond donors (Lipinski definition) is 10. The monoisotopic (exact) mass is 798 g/mol. The second kappa shape index (κ2) is 14.7. The van der Waals surface area contributed by atoms with Crippen LogP contribution in [-0.4, -0.2) is 151 Å². The van der Waals surface area contributed by atoms with Crippen LogP contribution < -0.4 is 0 Å². The fourth-order valence-corrected chi connectivity index (χ4v) is 13.8. The summed E-state index contributed by atoms with van der Waals surface area (Å²) in [5.74, 6) is -0.373. The van der Waals surface area contributed by atoms with Crippen molar-refractivity contribution < 1.29 is 70.0 Å². The van der Waals surface area contributed by atoms with Crippen molar-refractivity contribution in [1.29, 1.82) is 0 Å². The Morgan fingerprint density at radius 1 is 0.714 bits per heavy atom. The molecule has 2 aliphatic heterocycles. The van der Waals surface area contributed by atoms with Crippen molar-refractivity contribution in [3.05, 3.63) is 11.6 Å². The maximum Gasteiger partial charge on any atom is 0.187 e. The summed E-state index contributed by atoms with van der Waals surface area (Å²) in [5, 5.41) is 110. The van der Waals surface area contributed by atoms with Gasteiger partial charge in [-0.15, -0.1) is 0 Å². The van der Waals surface area contributed by atoms with Crippen LogP contribution in [-0.2, 0) is 18.9 Å². The number of hydrogen-bond acceptors (Lipinski definition) is 14. The van der Waals surface area contributed by atoms with E-state index in [0.29, 0.717) is 19.3 Å². The number of aliphatic hydroxyl groups is 10. The van der Waals surface area contributed by atoms with Crippen LogP contribution in [0.25, 0.3) is 0 Å². The third kappa shape index (κ3) is 6.17. The average molecular weight is 799 g/mol. The predicted octanol–water partition coefficient (Wildman–Crippen LogP) is 0.731. The fourth-order valence-electron chi connectivity index (χ4n) is 13.8. The van der Waals surface area contributed by atoms with Crippen molar-refractivity contribution in [2.45, 2.75) is 180 Å². The van der Waals surface area contributed by atoms with E-state index in [0.717, 1.165) is 32.1 Å². The molecule has 0 spiro atoms. The molecule has 6 fully saturated rings. The molecule has 4 saturated carbocycles. The average Bonchev–Trinajstić information content (AvgIpc) is 3.14. The molecule has 0 amide bonds. The summed E-state index contributed by atoms with van der Waals surface area (Å²) in [6, 6.07) is 0. The van der Waals surface area contributed by atoms with Crippen molar-refractivity contribution >= 4 is 0 Å². The third-order valence-electron chi connectivity index (χ3n) is 17.4. The summed E-state index contributed by atoms with van der Waals surface area (Å²) in [6.45, 7) is 13.9. The highest BCUT2D eigenvalue weighted by molar-refractivity contribution is 5.37. The quantitative estimate of drug-likeness (QED) is 0.126. The Bertz CT molecular complexity index is 1480. The van der Waals surface area contributed by atoms with E-state index in [1.165, 1.54) is 5.57 Å². The number of fused-ring (bicyclic) bond motifs is 7. The van der Waals surface area contributed by atoms with Gasteiger partial charge in [0.05, 0.1) is 44.2 Å². The lowest BCUT2D eigenvalue weighted by Crippen LogP contribution is -2.70. The lowest BCUT2D eigenvalue weighted by molar-refractivity contribution is -0.368. The summed E-state index contributed by atoms with van der Waals surface area (Å²) in [6.07, 6.45) is -9.02. The van der Waals surface area contributed by atoms with E-state index < -0.39 is 113 Å². The number of aliphatic hydroxyl groups excluding tert-OH is 10. The first-order valence-electron chi connectivity index (χ1n) is 21.0. The predicted molar refractivity (Wildman–Crippen MR) is 200 cm³/mol. The van der Waals surface area contributed by atoms with Crippen LogP contribution in [0, 0.1) is 50.2 Å². The first-order valence-corrected chi connectivity index (χ1v) is 21.0. The largest absolute Gasteiger partial charge is 0.396 e. The van der Waals surface area contributed by atoms with Crippen LogP contribution in [0.3, 0.4) is 0 Å². The lowest BCUT2D eigenvalue weighted by atomic mass is 9.33. The fraction of sp³-hybridized carbons (Fsp3) is 0.952. The van der Waals surface area contributed by atoms with E-state index in [1.807, 2.05) is 6.92 Å². The molecule has 0 radical (unpaired) electrons. The minimum absolute atomic E-state index is 0.0351. The van der Waals surface area contributed by atoms with Crippen LogP contribution in [0.5, 0.6) is 0 Å². The molecule has 14 nitrogen and oxygen atoms in total. The highest BCUT2D eigenvalue weighted by Crippen LogP contribution is 2.76. The van der Waals surface area contributed by atoms with Gasteiger partial charge in [0.2, 0.25) is 0 Å². The summed E-state index contributed by atoms with van der Waals surface area (Å²) in [7, 11) is 0. The minimum atomic E-state index is -1.75. The van der Waals surface area contributed by atoms with Crippen LogP contribution in [0.2, 0.25) is 0 Å². The van der Waals surface area contributed by atoms with E-state index >= 15 is 0 Å². The van der Waals surface area contributed by atoms with E-state index in [-0.39, 0.29) is 36.4 Å². The zero-order valence-corrected chi connectivity index (χ0v) is 34.2. The van der Waals surface area contributed by atoms with Gasteiger partial charge in [-0.3, -0.25) is 0 Å². The molecule has 56 heavy (non-hydrogen) atoms. The van der Waals surface area contributed by atoms with E-state index in [9.17, 15) is 51.1 Å². The van der Waals surface area contributed by atoms with Gasteiger partial charge in [-0.2, -0.15) is 0 Å². The van der Waals surface area contributed by atoms with Gasteiger partial charge in [0.1, 0.15) is 42.7 Å². The smallest absolute Gasteiger partial charge is 0.187 e. The summed E-state index contributed by atoms with van der Waals surface area (Å²) in [4.78, 5) is 0. The van der Waals surface area contributed by atoms with Gasteiger partial charge in [0, 0.05) is 16.7 Å². The van der Waals surface area contributed by atoms with Gasteiger partial charge in [0.15, 0.2) is 12.6 Å². The van der Waals surface area contributed by atoms with Crippen molar-refractivity contribution in [2.24, 2.45) is 50.2 Å². The van der Waals surface area contributed by atoms with Gasteiger partial charge in [-0.1, -0.05) is 53.2 Å². The van der Waals surface area contributed by atoms with Crippen molar-refractivity contribution in [3.63, 3.8) is 0 Å². The van der Waals surface area contributed by atoms with Gasteiger partial charge < -0.3 is 70.0 Å². The molecule has 2 heterocycles. The second-order valence-electron chi connectivity index (χ2n) is 20.8. The van der Waals surface area contributed by atoms with Crippen molar-refractivity contribution in [2.75, 3.05) is 19.8 Å². The zero-order valence-electron chi connectivity index (χ0n) is 34.2. The standard InChI is InChI=1S/C42H70O14/c1-20-28(48)33(56-35-31(51)30(50)29(49)24(17-43)54-35)32(52)36(53-20)55-27-9-10-38(4)25(39(27,5)18-44)8-11-40(6)34(38)23(46)14-21-22-15-37(2,3)12-13-42(22,19-45)26(47)16-41(21,40)7/h14,20,22-36,43-52H,8-13,15-19H2,1-7H3/t20-,22?,23?,24-,25?,26-,27+,28+,29-,30+,31-,32-,33+,34?,35+,36+,38+,39+,40-,41-,42?/m1/s1. The molecule has 5 unspecified atom stereocenters. The Morgan fingerprint density at radius 3 is 2.04 bits per heavy atom. The third-order valence-corrected chi connectivity index (χ3v) is 17.4. The molecule has 14 heteroatoms. The van der Waals surface area contributed by atoms with E-state index in [1.54, 1.807) is 6.92 Å². The second-order valence-corrected chi connectivity index (χ2v) is 20.8. The van der Waals surface area contributed by atoms with Crippen LogP contribution in [0.1, 0.15) is 99.8 Å². The maximum atomic E-state index is 12.4. The highest BCUT2D eigenvalue weighted by atomic mass is 16.7. The maximum absolute atomic E-state index is 12.4. The molecule has 322 valence electrons. The van der Waals surface area contributed by atoms with Crippen LogP contribution in [0.15, 0.2) is 11.6 Å². The highest BCUT2D eigenvalue weighted by Gasteiger charge is 2.72. The molecule has 7 rings (SSSR count). The van der Waals surface area contributed by atoms with Crippen LogP contribution in [0.4, 0.5) is 0 Å². The summed E-state index contributed by atoms with van der Waals surface area (Å²) >= 11 is 0. The zero-order chi connectivity index (χ0) is 41.1. The Labute approximate surface area is 330 Å². The number of rotatable bonds is 7. The normalized spacial score (nSPS) is 56.9. The molecule has 7 aliphatic rings. The molecule has 0 aromatic carbocycles. The number of allylic oxidation sites excluding steroid dienone is 1. The van der Waals surface area contributed by atoms with Crippen molar-refractivity contribution in [3.8, 4) is 0 Å². The Hall–Kier alpha value is -0.820. The van der Waals surface area contributed by atoms with Gasteiger partial charge >= 0.3 is 0 Å². The van der Waals surface area contributed by atoms with Gasteiger partial charge in [-0.25, -0.2) is 0 Å². The Balaban J connectivity index is 1.15. The molecular weight excluding hydrogens is 728 g/mol. The van der Waals surface area contributed by atoms with Gasteiger partial charge in [-0.05, 0) is 91.8 Å². The van der Waals surface area contributed by atoms with E-state index in [4.69, 9.17) is 18.9 Å². The molecule has 21 atom stereocenters. The molecule has 2 saturated heterocycles. The molecule has 0 aromatic rings. The molecule has 0 bridgehead atoms. The number of ether oxygens (including phenoxy) is 4. The first-order chi connectivity index (χ1) is 26.1. The molecule has 0 aromatic heterocycles. The first kappa shape index (κ1) is 43.3. The Morgan fingerprint density at radius 2 is 1.39 bits per heavy atom. The SMILES string of the molecule is C[C@H]1O[C@@H](O[C@H]2CC[C@@]3(C)C(CC[C@]4(C)C3C(O)C=C3C5CC(C)(C)CCC5(CO)[C@H](O)C[C@]34C)[C@]2(C)CO)[C@H](O)[C@@H](O[C@@H]2O[C@H](CO)[C@@H](O)[C@H](O)[C@H]2O)[C@H]1O. The molecule has 5 aliphatic carbocycles. The molecule has 10 N–H and O–H groups in total. The lowest BCUT2D eigenvalue weighted by Gasteiger charge is -2.72. The topological polar surface area (TPSA) is 239 Å². The van der Waals surface area contributed by atoms with Gasteiger partial charge in [0.25, 0.3) is 0 Å². The van der Waals surface area contributed by atoms with E-state index in [2.05, 4.69) is 40.7 Å². The molecular formula is C42H70O14. The summed E-state index contributed by atoms with van der Waals surface area (Å²) < 4.78 is 24.0.